The van der Waals surface area contributed by atoms with Crippen LogP contribution in [0.4, 0.5) is 0 Å². The van der Waals surface area contributed by atoms with E-state index in [9.17, 15) is 0 Å². The summed E-state index contributed by atoms with van der Waals surface area (Å²) in [6, 6.07) is 0. The molecule has 98 valence electrons. The predicted molar refractivity (Wildman–Crippen MR) is 73.4 cm³/mol. The number of hydrogen-bond donors (Lipinski definition) is 1. The normalized spacial score (nSPS) is 23.7. The number of fused-ring (bicyclic) bond motifs is 1. The van der Waals surface area contributed by atoms with Crippen molar-refractivity contribution < 1.29 is 4.74 Å². The first-order valence-corrected chi connectivity index (χ1v) is 7.46. The molecule has 0 saturated carbocycles. The van der Waals surface area contributed by atoms with Crippen molar-refractivity contribution in [2.75, 3.05) is 6.61 Å². The molecule has 1 aliphatic carbocycles. The molecule has 3 nitrogen and oxygen atoms in total. The van der Waals surface area contributed by atoms with Crippen LogP contribution in [0.2, 0.25) is 0 Å². The van der Waals surface area contributed by atoms with Crippen LogP contribution in [0.15, 0.2) is 0 Å². The fourth-order valence-electron chi connectivity index (χ4n) is 2.97. The molecule has 18 heavy (non-hydrogen) atoms. The summed E-state index contributed by atoms with van der Waals surface area (Å²) in [5, 5.41) is 0. The molecule has 0 spiro atoms. The van der Waals surface area contributed by atoms with Gasteiger partial charge in [0.2, 0.25) is 0 Å². The summed E-state index contributed by atoms with van der Waals surface area (Å²) < 4.78 is 6.49. The van der Waals surface area contributed by atoms with Gasteiger partial charge in [-0.15, -0.1) is 0 Å². The predicted octanol–water partition coefficient (Wildman–Crippen LogP) is 3.13. The Bertz CT molecular complexity index is 477. The van der Waals surface area contributed by atoms with Gasteiger partial charge in [-0.2, -0.15) is 0 Å². The van der Waals surface area contributed by atoms with E-state index in [4.69, 9.17) is 17.0 Å². The average Bonchev–Trinajstić information content (AvgIpc) is 2.73. The van der Waals surface area contributed by atoms with E-state index in [-0.39, 0.29) is 0 Å². The van der Waals surface area contributed by atoms with Gasteiger partial charge in [-0.25, -0.2) is 4.98 Å². The van der Waals surface area contributed by atoms with E-state index < -0.39 is 0 Å². The van der Waals surface area contributed by atoms with Gasteiger partial charge in [0.05, 0.1) is 6.10 Å². The quantitative estimate of drug-likeness (QED) is 0.659. The Balaban J connectivity index is 1.85. The lowest BCUT2D eigenvalue weighted by Gasteiger charge is -2.12. The lowest BCUT2D eigenvalue weighted by atomic mass is 10.1. The van der Waals surface area contributed by atoms with Crippen LogP contribution in [0.1, 0.15) is 49.2 Å². The summed E-state index contributed by atoms with van der Waals surface area (Å²) in [5.74, 6) is 1.02. The summed E-state index contributed by atoms with van der Waals surface area (Å²) in [5.41, 5.74) is 2.62. The smallest absolute Gasteiger partial charge is 0.133 e. The summed E-state index contributed by atoms with van der Waals surface area (Å²) >= 11 is 5.46. The van der Waals surface area contributed by atoms with Gasteiger partial charge < -0.3 is 9.72 Å². The van der Waals surface area contributed by atoms with Gasteiger partial charge >= 0.3 is 0 Å². The number of nitrogens with zero attached hydrogens (tertiary/aromatic N) is 1. The summed E-state index contributed by atoms with van der Waals surface area (Å²) in [4.78, 5) is 8.09. The topological polar surface area (TPSA) is 37.9 Å². The standard InChI is InChI=1S/C14H20N2OS/c18-14-11-6-2-1-3-7-12(11)15-13(16-14)9-10-5-4-8-17-10/h10H,1-9H2,(H,15,16,18). The van der Waals surface area contributed by atoms with Crippen molar-refractivity contribution in [2.45, 2.75) is 57.5 Å². The molecule has 1 aromatic heterocycles. The number of aromatic nitrogens is 2. The van der Waals surface area contributed by atoms with Crippen molar-refractivity contribution in [3.05, 3.63) is 21.7 Å². The molecular formula is C14H20N2OS. The zero-order valence-corrected chi connectivity index (χ0v) is 11.5. The molecule has 0 radical (unpaired) electrons. The van der Waals surface area contributed by atoms with Crippen molar-refractivity contribution in [2.24, 2.45) is 0 Å². The highest BCUT2D eigenvalue weighted by atomic mass is 32.1. The fraction of sp³-hybridized carbons (Fsp3) is 0.714. The molecular weight excluding hydrogens is 244 g/mol. The maximum atomic E-state index is 5.67. The minimum absolute atomic E-state index is 0.340. The van der Waals surface area contributed by atoms with Gasteiger partial charge in [-0.3, -0.25) is 0 Å². The molecule has 0 bridgehead atoms. The average molecular weight is 264 g/mol. The second-order valence-electron chi connectivity index (χ2n) is 5.35. The van der Waals surface area contributed by atoms with E-state index in [1.807, 2.05) is 0 Å². The van der Waals surface area contributed by atoms with E-state index >= 15 is 0 Å². The van der Waals surface area contributed by atoms with Gasteiger partial charge in [0.25, 0.3) is 0 Å². The third-order valence-electron chi connectivity index (χ3n) is 3.95. The maximum Gasteiger partial charge on any atom is 0.133 e. The Kier molecular flexibility index (Phi) is 3.75. The third kappa shape index (κ3) is 2.64. The van der Waals surface area contributed by atoms with Crippen LogP contribution in [-0.2, 0) is 24.0 Å². The number of nitrogens with one attached hydrogen (secondary N) is 1. The highest BCUT2D eigenvalue weighted by Crippen LogP contribution is 2.21. The highest BCUT2D eigenvalue weighted by molar-refractivity contribution is 7.71. The van der Waals surface area contributed by atoms with Crippen LogP contribution in [-0.4, -0.2) is 22.7 Å². The molecule has 1 N–H and O–H groups in total. The molecule has 1 fully saturated rings. The number of rotatable bonds is 2. The SMILES string of the molecule is S=c1nc(CC2CCCO2)[nH]c2c1CCCCC2. The lowest BCUT2D eigenvalue weighted by molar-refractivity contribution is 0.110. The lowest BCUT2D eigenvalue weighted by Crippen LogP contribution is -2.13. The van der Waals surface area contributed by atoms with Crippen LogP contribution in [0.3, 0.4) is 0 Å². The Morgan fingerprint density at radius 1 is 1.22 bits per heavy atom. The minimum Gasteiger partial charge on any atom is -0.378 e. The van der Waals surface area contributed by atoms with Gasteiger partial charge in [-0.05, 0) is 38.5 Å². The van der Waals surface area contributed by atoms with Crippen molar-refractivity contribution in [1.29, 1.82) is 0 Å². The third-order valence-corrected chi connectivity index (χ3v) is 4.29. The van der Waals surface area contributed by atoms with E-state index in [1.54, 1.807) is 0 Å². The molecule has 4 heteroatoms. The zero-order chi connectivity index (χ0) is 12.4. The van der Waals surface area contributed by atoms with Crippen molar-refractivity contribution >= 4 is 12.2 Å². The Labute approximate surface area is 113 Å². The minimum atomic E-state index is 0.340. The highest BCUT2D eigenvalue weighted by Gasteiger charge is 2.18. The summed E-state index contributed by atoms with van der Waals surface area (Å²) in [6.45, 7) is 0.899. The van der Waals surface area contributed by atoms with Crippen molar-refractivity contribution in [3.63, 3.8) is 0 Å². The second kappa shape index (κ2) is 5.49. The van der Waals surface area contributed by atoms with Gasteiger partial charge in [-0.1, -0.05) is 18.6 Å². The van der Waals surface area contributed by atoms with E-state index in [2.05, 4.69) is 9.97 Å². The van der Waals surface area contributed by atoms with E-state index in [1.165, 1.54) is 36.9 Å². The molecule has 2 aliphatic rings. The number of ether oxygens (including phenoxy) is 1. The molecule has 1 unspecified atom stereocenters. The van der Waals surface area contributed by atoms with Crippen molar-refractivity contribution in [1.82, 2.24) is 9.97 Å². The fourth-order valence-corrected chi connectivity index (χ4v) is 3.30. The Morgan fingerprint density at radius 2 is 2.11 bits per heavy atom. The molecule has 1 atom stereocenters. The van der Waals surface area contributed by atoms with Crippen LogP contribution in [0.25, 0.3) is 0 Å². The van der Waals surface area contributed by atoms with E-state index in [0.717, 1.165) is 42.8 Å². The number of H-pyrrole nitrogens is 1. The van der Waals surface area contributed by atoms with Gasteiger partial charge in [0.1, 0.15) is 10.5 Å². The van der Waals surface area contributed by atoms with E-state index in [0.29, 0.717) is 6.10 Å². The molecule has 3 rings (SSSR count). The molecule has 1 aromatic rings. The number of aryl methyl sites for hydroxylation is 1. The van der Waals surface area contributed by atoms with Gasteiger partial charge in [0.15, 0.2) is 0 Å². The zero-order valence-electron chi connectivity index (χ0n) is 10.7. The first kappa shape index (κ1) is 12.3. The number of aromatic amines is 1. The largest absolute Gasteiger partial charge is 0.378 e. The monoisotopic (exact) mass is 264 g/mol. The first-order chi connectivity index (χ1) is 8.83. The summed E-state index contributed by atoms with van der Waals surface area (Å²) in [7, 11) is 0. The second-order valence-corrected chi connectivity index (χ2v) is 5.73. The molecule has 0 amide bonds. The molecule has 1 saturated heterocycles. The number of hydrogen-bond acceptors (Lipinski definition) is 3. The Morgan fingerprint density at radius 3 is 2.94 bits per heavy atom. The van der Waals surface area contributed by atoms with Gasteiger partial charge in [0, 0.05) is 24.3 Å². The molecule has 2 heterocycles. The summed E-state index contributed by atoms with van der Waals surface area (Å²) in [6.07, 6.45) is 9.59. The van der Waals surface area contributed by atoms with Crippen molar-refractivity contribution in [3.8, 4) is 0 Å². The van der Waals surface area contributed by atoms with Crippen LogP contribution < -0.4 is 0 Å². The van der Waals surface area contributed by atoms with Crippen LogP contribution >= 0.6 is 12.2 Å². The molecule has 1 aliphatic heterocycles. The van der Waals surface area contributed by atoms with Crippen LogP contribution in [0, 0.1) is 4.64 Å². The maximum absolute atomic E-state index is 5.67. The Hall–Kier alpha value is -0.740. The first-order valence-electron chi connectivity index (χ1n) is 7.05. The van der Waals surface area contributed by atoms with Crippen LogP contribution in [0.5, 0.6) is 0 Å². The molecule has 0 aromatic carbocycles.